The summed E-state index contributed by atoms with van der Waals surface area (Å²) in [4.78, 5) is 0. The van der Waals surface area contributed by atoms with Gasteiger partial charge in [0.1, 0.15) is 5.75 Å². The molecular formula is C27H38F3OP. The van der Waals surface area contributed by atoms with E-state index in [1.165, 1.54) is 6.07 Å². The van der Waals surface area contributed by atoms with Crippen molar-refractivity contribution < 1.29 is 18.3 Å². The minimum absolute atomic E-state index is 0.112. The van der Waals surface area contributed by atoms with Crippen LogP contribution in [0, 0.1) is 6.92 Å². The van der Waals surface area contributed by atoms with E-state index in [0.717, 1.165) is 16.7 Å². The monoisotopic (exact) mass is 466 g/mol. The van der Waals surface area contributed by atoms with E-state index in [-0.39, 0.29) is 25.2 Å². The SMILES string of the molecule is CCC(CC)(Pc1ccc(C)cc1C(F)(F)F)c1cc(C(C)(C)C)cc(C(C)(C)C)c1O. The standard InChI is InChI=1S/C27H38F3OP/c1-10-26(11-2,32-22-13-12-17(3)14-19(22)27(28,29)30)21-16-18(24(4,5)6)15-20(23(21)31)25(7,8)9/h12-16,31-32H,10-11H2,1-9H3. The van der Waals surface area contributed by atoms with Crippen LogP contribution < -0.4 is 5.30 Å². The Labute approximate surface area is 193 Å². The van der Waals surface area contributed by atoms with Crippen LogP contribution in [-0.2, 0) is 22.2 Å². The molecule has 32 heavy (non-hydrogen) atoms. The first kappa shape index (κ1) is 26.7. The summed E-state index contributed by atoms with van der Waals surface area (Å²) in [6.45, 7) is 18.3. The van der Waals surface area contributed by atoms with Crippen molar-refractivity contribution in [3.05, 3.63) is 58.1 Å². The Kier molecular flexibility index (Phi) is 7.52. The van der Waals surface area contributed by atoms with E-state index in [0.29, 0.717) is 23.7 Å². The van der Waals surface area contributed by atoms with Gasteiger partial charge in [0.25, 0.3) is 0 Å². The van der Waals surface area contributed by atoms with Crippen LogP contribution in [0.2, 0.25) is 0 Å². The summed E-state index contributed by atoms with van der Waals surface area (Å²) in [6.07, 6.45) is -3.14. The number of aryl methyl sites for hydroxylation is 1. The van der Waals surface area contributed by atoms with E-state index >= 15 is 0 Å². The zero-order valence-corrected chi connectivity index (χ0v) is 21.9. The van der Waals surface area contributed by atoms with Crippen molar-refractivity contribution in [1.29, 1.82) is 0 Å². The van der Waals surface area contributed by atoms with Gasteiger partial charge >= 0.3 is 6.18 Å². The van der Waals surface area contributed by atoms with Gasteiger partial charge in [0.05, 0.1) is 5.56 Å². The van der Waals surface area contributed by atoms with Crippen LogP contribution in [0.25, 0.3) is 0 Å². The molecule has 0 saturated heterocycles. The molecule has 1 atom stereocenters. The molecule has 1 N–H and O–H groups in total. The van der Waals surface area contributed by atoms with E-state index in [2.05, 4.69) is 47.6 Å². The molecule has 0 aliphatic rings. The van der Waals surface area contributed by atoms with Crippen molar-refractivity contribution in [1.82, 2.24) is 0 Å². The van der Waals surface area contributed by atoms with Gasteiger partial charge in [-0.1, -0.05) is 93.8 Å². The summed E-state index contributed by atoms with van der Waals surface area (Å²) in [6, 6.07) is 8.70. The fourth-order valence-corrected chi connectivity index (χ4v) is 5.85. The minimum atomic E-state index is -4.41. The first-order valence-electron chi connectivity index (χ1n) is 11.3. The predicted molar refractivity (Wildman–Crippen MR) is 132 cm³/mol. The molecule has 0 heterocycles. The molecule has 1 unspecified atom stereocenters. The second-order valence-electron chi connectivity index (χ2n) is 10.9. The molecule has 2 aromatic carbocycles. The summed E-state index contributed by atoms with van der Waals surface area (Å²) in [5, 5.41) is 11.2. The number of rotatable bonds is 5. The summed E-state index contributed by atoms with van der Waals surface area (Å²) >= 11 is 0. The van der Waals surface area contributed by atoms with Gasteiger partial charge in [-0.3, -0.25) is 0 Å². The number of alkyl halides is 3. The summed E-state index contributed by atoms with van der Waals surface area (Å²) in [5.41, 5.74) is 2.28. The summed E-state index contributed by atoms with van der Waals surface area (Å²) < 4.78 is 41.7. The fourth-order valence-electron chi connectivity index (χ4n) is 4.14. The van der Waals surface area contributed by atoms with Gasteiger partial charge in [-0.25, -0.2) is 0 Å². The normalized spacial score (nSPS) is 13.9. The second-order valence-corrected chi connectivity index (χ2v) is 12.6. The Morgan fingerprint density at radius 1 is 0.781 bits per heavy atom. The van der Waals surface area contributed by atoms with E-state index < -0.39 is 16.9 Å². The van der Waals surface area contributed by atoms with Crippen molar-refractivity contribution in [2.45, 2.75) is 97.3 Å². The summed E-state index contributed by atoms with van der Waals surface area (Å²) in [5.74, 6) is 0.224. The number of hydrogen-bond donors (Lipinski definition) is 1. The van der Waals surface area contributed by atoms with Crippen LogP contribution in [-0.4, -0.2) is 5.11 Å². The molecule has 0 radical (unpaired) electrons. The van der Waals surface area contributed by atoms with Crippen LogP contribution in [0.1, 0.15) is 96.0 Å². The number of halogens is 3. The van der Waals surface area contributed by atoms with Gasteiger partial charge in [0.15, 0.2) is 0 Å². The molecule has 0 aliphatic carbocycles. The minimum Gasteiger partial charge on any atom is -0.507 e. The highest BCUT2D eigenvalue weighted by Crippen LogP contribution is 2.53. The molecule has 2 rings (SSSR count). The molecule has 0 bridgehead atoms. The molecule has 0 spiro atoms. The molecule has 0 amide bonds. The van der Waals surface area contributed by atoms with Crippen LogP contribution in [0.3, 0.4) is 0 Å². The Bertz CT molecular complexity index is 959. The first-order chi connectivity index (χ1) is 14.5. The Balaban J connectivity index is 2.83. The van der Waals surface area contributed by atoms with Crippen molar-refractivity contribution in [3.8, 4) is 5.75 Å². The molecule has 1 nitrogen and oxygen atoms in total. The lowest BCUT2D eigenvalue weighted by atomic mass is 9.76. The predicted octanol–water partition coefficient (Wildman–Crippen LogP) is 8.33. The Morgan fingerprint density at radius 3 is 1.75 bits per heavy atom. The van der Waals surface area contributed by atoms with Gasteiger partial charge < -0.3 is 5.11 Å². The fraction of sp³-hybridized carbons (Fsp3) is 0.556. The largest absolute Gasteiger partial charge is 0.507 e. The molecule has 0 saturated carbocycles. The van der Waals surface area contributed by atoms with Crippen LogP contribution in [0.15, 0.2) is 30.3 Å². The van der Waals surface area contributed by atoms with Gasteiger partial charge in [-0.15, -0.1) is 0 Å². The second kappa shape index (κ2) is 9.01. The number of aromatic hydroxyl groups is 1. The Morgan fingerprint density at radius 2 is 1.31 bits per heavy atom. The highest BCUT2D eigenvalue weighted by Gasteiger charge is 2.39. The average molecular weight is 467 g/mol. The number of benzene rings is 2. The average Bonchev–Trinajstić information content (AvgIpc) is 2.65. The first-order valence-corrected chi connectivity index (χ1v) is 12.3. The smallest absolute Gasteiger partial charge is 0.417 e. The third-order valence-electron chi connectivity index (χ3n) is 6.36. The maximum Gasteiger partial charge on any atom is 0.417 e. The Hall–Kier alpha value is -1.54. The lowest BCUT2D eigenvalue weighted by molar-refractivity contribution is -0.136. The van der Waals surface area contributed by atoms with Crippen molar-refractivity contribution in [2.24, 2.45) is 0 Å². The van der Waals surface area contributed by atoms with E-state index in [4.69, 9.17) is 0 Å². The zero-order valence-electron chi connectivity index (χ0n) is 20.9. The zero-order chi connectivity index (χ0) is 24.7. The topological polar surface area (TPSA) is 20.2 Å². The van der Waals surface area contributed by atoms with Crippen LogP contribution in [0.4, 0.5) is 13.2 Å². The van der Waals surface area contributed by atoms with Crippen LogP contribution in [0.5, 0.6) is 5.75 Å². The third kappa shape index (κ3) is 5.50. The maximum absolute atomic E-state index is 13.9. The maximum atomic E-state index is 13.9. The molecule has 0 fully saturated rings. The van der Waals surface area contributed by atoms with Crippen LogP contribution >= 0.6 is 8.58 Å². The van der Waals surface area contributed by atoms with Crippen molar-refractivity contribution >= 4 is 13.9 Å². The van der Waals surface area contributed by atoms with Crippen molar-refractivity contribution in [2.75, 3.05) is 0 Å². The highest BCUT2D eigenvalue weighted by molar-refractivity contribution is 7.48. The molecule has 5 heteroatoms. The molecule has 178 valence electrons. The molecule has 2 aromatic rings. The number of hydrogen-bond acceptors (Lipinski definition) is 1. The van der Waals surface area contributed by atoms with E-state index in [1.54, 1.807) is 19.1 Å². The molecular weight excluding hydrogens is 428 g/mol. The summed E-state index contributed by atoms with van der Waals surface area (Å²) in [7, 11) is -0.112. The van der Waals surface area contributed by atoms with Gasteiger partial charge in [0, 0.05) is 10.7 Å². The van der Waals surface area contributed by atoms with Gasteiger partial charge in [0.2, 0.25) is 0 Å². The van der Waals surface area contributed by atoms with Crippen molar-refractivity contribution in [3.63, 3.8) is 0 Å². The van der Waals surface area contributed by atoms with E-state index in [9.17, 15) is 18.3 Å². The van der Waals surface area contributed by atoms with Gasteiger partial charge in [-0.05, 0) is 53.1 Å². The quantitative estimate of drug-likeness (QED) is 0.439. The van der Waals surface area contributed by atoms with E-state index in [1.807, 2.05) is 19.9 Å². The lowest BCUT2D eigenvalue weighted by Crippen LogP contribution is -2.27. The molecule has 0 aromatic heterocycles. The molecule has 0 aliphatic heterocycles. The number of phenolic OH excluding ortho intramolecular Hbond substituents is 1. The van der Waals surface area contributed by atoms with Gasteiger partial charge in [-0.2, -0.15) is 13.2 Å². The highest BCUT2D eigenvalue weighted by atomic mass is 31.1. The lowest BCUT2D eigenvalue weighted by Gasteiger charge is -2.37. The number of phenols is 1. The third-order valence-corrected chi connectivity index (χ3v) is 8.52.